The third-order valence-corrected chi connectivity index (χ3v) is 8.02. The Kier molecular flexibility index (Phi) is 6.55. The van der Waals surface area contributed by atoms with E-state index in [1.165, 1.54) is 32.1 Å². The quantitative estimate of drug-likeness (QED) is 0.508. The van der Waals surface area contributed by atoms with E-state index in [1.807, 2.05) is 47.9 Å². The Balaban J connectivity index is 1.27. The number of piperazine rings is 1. The first-order valence-electron chi connectivity index (χ1n) is 11.7. The number of carbonyl (C=O) groups is 1. The lowest BCUT2D eigenvalue weighted by Crippen LogP contribution is -2.48. The Morgan fingerprint density at radius 1 is 1.12 bits per heavy atom. The maximum Gasteiger partial charge on any atom is 0.290 e. The van der Waals surface area contributed by atoms with Crippen LogP contribution in [0.5, 0.6) is 0 Å². The van der Waals surface area contributed by atoms with Crippen LogP contribution in [-0.4, -0.2) is 52.3 Å². The maximum atomic E-state index is 13.5. The molecule has 2 aromatic heterocycles. The number of fused-ring (bicyclic) bond motifs is 1. The van der Waals surface area contributed by atoms with Crippen molar-refractivity contribution >= 4 is 28.6 Å². The number of hydrogen-bond donors (Lipinski definition) is 0. The third-order valence-electron chi connectivity index (χ3n) is 6.62. The topological polar surface area (TPSA) is 62.7 Å². The summed E-state index contributed by atoms with van der Waals surface area (Å²) in [6.45, 7) is 5.68. The van der Waals surface area contributed by atoms with E-state index in [4.69, 9.17) is 8.94 Å². The van der Waals surface area contributed by atoms with E-state index in [2.05, 4.69) is 16.1 Å². The Bertz CT molecular complexity index is 1060. The van der Waals surface area contributed by atoms with E-state index >= 15 is 0 Å². The highest BCUT2D eigenvalue weighted by molar-refractivity contribution is 7.99. The molecule has 7 heteroatoms. The molecule has 1 saturated carbocycles. The normalized spacial score (nSPS) is 18.5. The van der Waals surface area contributed by atoms with Gasteiger partial charge in [-0.15, -0.1) is 0 Å². The molecule has 170 valence electrons. The van der Waals surface area contributed by atoms with Gasteiger partial charge in [-0.25, -0.2) is 0 Å². The van der Waals surface area contributed by atoms with Gasteiger partial charge in [-0.05, 0) is 25.8 Å². The van der Waals surface area contributed by atoms with Crippen LogP contribution in [-0.2, 0) is 12.3 Å². The first kappa shape index (κ1) is 21.6. The molecule has 0 atom stereocenters. The summed E-state index contributed by atoms with van der Waals surface area (Å²) in [6, 6.07) is 10.0. The van der Waals surface area contributed by atoms with Crippen molar-refractivity contribution in [3.05, 3.63) is 53.1 Å². The second kappa shape index (κ2) is 9.71. The van der Waals surface area contributed by atoms with Crippen LogP contribution in [0.15, 0.2) is 39.3 Å². The Morgan fingerprint density at radius 2 is 1.91 bits per heavy atom. The Morgan fingerprint density at radius 3 is 2.66 bits per heavy atom. The summed E-state index contributed by atoms with van der Waals surface area (Å²) in [6.07, 6.45) is 6.59. The maximum absolute atomic E-state index is 13.5. The van der Waals surface area contributed by atoms with Gasteiger partial charge in [-0.3, -0.25) is 9.69 Å². The number of para-hydroxylation sites is 1. The van der Waals surface area contributed by atoms with Crippen LogP contribution in [0.25, 0.3) is 11.0 Å². The Labute approximate surface area is 193 Å². The summed E-state index contributed by atoms with van der Waals surface area (Å²) >= 11 is 2.00. The fraction of sp³-hybridized carbons (Fsp3) is 0.520. The van der Waals surface area contributed by atoms with Crippen molar-refractivity contribution in [2.24, 2.45) is 0 Å². The highest BCUT2D eigenvalue weighted by atomic mass is 32.2. The number of rotatable bonds is 6. The molecular formula is C25H31N3O3S. The standard InChI is InChI=1S/C25H31N3O3S/c1-18-15-19(31-26-18)16-27-11-13-28(14-12-27)25(29)24-22(17-32-20-7-3-2-4-8-20)21-9-5-6-10-23(21)30-24/h5-6,9-10,15,20H,2-4,7-8,11-14,16-17H2,1H3. The van der Waals surface area contributed by atoms with E-state index in [1.54, 1.807) is 0 Å². The van der Waals surface area contributed by atoms with Crippen LogP contribution in [0.4, 0.5) is 0 Å². The van der Waals surface area contributed by atoms with Crippen molar-refractivity contribution in [1.82, 2.24) is 15.0 Å². The number of furan rings is 1. The van der Waals surface area contributed by atoms with Crippen molar-refractivity contribution in [3.63, 3.8) is 0 Å². The molecule has 2 fully saturated rings. The second-order valence-corrected chi connectivity index (χ2v) is 10.3. The Hall–Kier alpha value is -2.25. The zero-order chi connectivity index (χ0) is 21.9. The van der Waals surface area contributed by atoms with Crippen molar-refractivity contribution in [2.45, 2.75) is 56.6 Å². The average molecular weight is 454 g/mol. The minimum Gasteiger partial charge on any atom is -0.451 e. The van der Waals surface area contributed by atoms with E-state index in [-0.39, 0.29) is 5.91 Å². The molecule has 1 aliphatic heterocycles. The number of aromatic nitrogens is 1. The van der Waals surface area contributed by atoms with E-state index in [0.29, 0.717) is 24.1 Å². The molecule has 5 rings (SSSR count). The monoisotopic (exact) mass is 453 g/mol. The summed E-state index contributed by atoms with van der Waals surface area (Å²) in [4.78, 5) is 17.7. The summed E-state index contributed by atoms with van der Waals surface area (Å²) in [5, 5.41) is 5.75. The van der Waals surface area contributed by atoms with Crippen LogP contribution < -0.4 is 0 Å². The molecule has 1 aromatic carbocycles. The smallest absolute Gasteiger partial charge is 0.290 e. The highest BCUT2D eigenvalue weighted by Crippen LogP contribution is 2.35. The molecule has 3 aromatic rings. The lowest BCUT2D eigenvalue weighted by atomic mass is 10.0. The summed E-state index contributed by atoms with van der Waals surface area (Å²) in [5.74, 6) is 2.28. The lowest BCUT2D eigenvalue weighted by Gasteiger charge is -2.33. The molecule has 3 heterocycles. The molecule has 1 amide bonds. The third kappa shape index (κ3) is 4.74. The predicted octanol–water partition coefficient (Wildman–Crippen LogP) is 5.25. The number of thioether (sulfide) groups is 1. The van der Waals surface area contributed by atoms with Crippen molar-refractivity contribution in [3.8, 4) is 0 Å². The number of hydrogen-bond acceptors (Lipinski definition) is 6. The molecule has 1 saturated heterocycles. The van der Waals surface area contributed by atoms with Crippen LogP contribution >= 0.6 is 11.8 Å². The van der Waals surface area contributed by atoms with Crippen LogP contribution in [0, 0.1) is 6.92 Å². The van der Waals surface area contributed by atoms with Crippen LogP contribution in [0.1, 0.15) is 59.7 Å². The molecule has 0 radical (unpaired) electrons. The first-order chi connectivity index (χ1) is 15.7. The zero-order valence-corrected chi connectivity index (χ0v) is 19.5. The van der Waals surface area contributed by atoms with Gasteiger partial charge in [0.05, 0.1) is 12.2 Å². The number of carbonyl (C=O) groups excluding carboxylic acids is 1. The molecule has 0 unspecified atom stereocenters. The second-order valence-electron chi connectivity index (χ2n) is 8.98. The van der Waals surface area contributed by atoms with E-state index < -0.39 is 0 Å². The van der Waals surface area contributed by atoms with Gasteiger partial charge in [0.25, 0.3) is 5.91 Å². The summed E-state index contributed by atoms with van der Waals surface area (Å²) in [7, 11) is 0. The van der Waals surface area contributed by atoms with Crippen molar-refractivity contribution in [2.75, 3.05) is 26.2 Å². The molecule has 32 heavy (non-hydrogen) atoms. The summed E-state index contributed by atoms with van der Waals surface area (Å²) in [5.41, 5.74) is 2.78. The molecule has 6 nitrogen and oxygen atoms in total. The number of benzene rings is 1. The van der Waals surface area contributed by atoms with Gasteiger partial charge in [0, 0.05) is 54.2 Å². The number of amides is 1. The molecule has 0 spiro atoms. The van der Waals surface area contributed by atoms with E-state index in [0.717, 1.165) is 53.4 Å². The number of aryl methyl sites for hydroxylation is 1. The average Bonchev–Trinajstić information content (AvgIpc) is 3.41. The van der Waals surface area contributed by atoms with Gasteiger partial charge in [0.15, 0.2) is 11.5 Å². The van der Waals surface area contributed by atoms with Gasteiger partial charge in [0.1, 0.15) is 5.58 Å². The summed E-state index contributed by atoms with van der Waals surface area (Å²) < 4.78 is 11.5. The minimum atomic E-state index is 0.0237. The van der Waals surface area contributed by atoms with E-state index in [9.17, 15) is 4.79 Å². The van der Waals surface area contributed by atoms with Gasteiger partial charge < -0.3 is 13.8 Å². The fourth-order valence-corrected chi connectivity index (χ4v) is 6.17. The van der Waals surface area contributed by atoms with Crippen LogP contribution in [0.2, 0.25) is 0 Å². The highest BCUT2D eigenvalue weighted by Gasteiger charge is 2.29. The molecule has 2 aliphatic rings. The minimum absolute atomic E-state index is 0.0237. The van der Waals surface area contributed by atoms with Crippen molar-refractivity contribution < 1.29 is 13.7 Å². The lowest BCUT2D eigenvalue weighted by molar-refractivity contribution is 0.0588. The number of nitrogens with zero attached hydrogens (tertiary/aromatic N) is 3. The predicted molar refractivity (Wildman–Crippen MR) is 127 cm³/mol. The molecular weight excluding hydrogens is 422 g/mol. The first-order valence-corrected chi connectivity index (χ1v) is 12.8. The zero-order valence-electron chi connectivity index (χ0n) is 18.7. The SMILES string of the molecule is Cc1cc(CN2CCN(C(=O)c3oc4ccccc4c3CSC3CCCCC3)CC2)on1. The van der Waals surface area contributed by atoms with Gasteiger partial charge in [-0.1, -0.05) is 42.6 Å². The van der Waals surface area contributed by atoms with Gasteiger partial charge in [-0.2, -0.15) is 11.8 Å². The largest absolute Gasteiger partial charge is 0.451 e. The van der Waals surface area contributed by atoms with Gasteiger partial charge in [0.2, 0.25) is 0 Å². The molecule has 0 N–H and O–H groups in total. The van der Waals surface area contributed by atoms with Crippen molar-refractivity contribution in [1.29, 1.82) is 0 Å². The van der Waals surface area contributed by atoms with Gasteiger partial charge >= 0.3 is 0 Å². The molecule has 1 aliphatic carbocycles. The fourth-order valence-electron chi connectivity index (χ4n) is 4.81. The van der Waals surface area contributed by atoms with Crippen LogP contribution in [0.3, 0.4) is 0 Å². The molecule has 0 bridgehead atoms.